The second kappa shape index (κ2) is 13.4. The van der Waals surface area contributed by atoms with E-state index >= 15 is 0 Å². The fraction of sp³-hybridized carbons (Fsp3) is 0.516. The van der Waals surface area contributed by atoms with E-state index in [4.69, 9.17) is 15.2 Å². The van der Waals surface area contributed by atoms with Crippen LogP contribution in [0.5, 0.6) is 11.5 Å². The summed E-state index contributed by atoms with van der Waals surface area (Å²) in [6, 6.07) is 9.28. The van der Waals surface area contributed by atoms with Crippen LogP contribution >= 0.6 is 0 Å². The standard InChI is InChI=1S/C31H41F2N3O3/c1-21(15-23-8-10-25(32)17-28(23)33)18-36(31(37)24-9-13-29(38-2)30(16-24)39-3)20-27-5-4-14-35(27)19-22-6-11-26(34)12-7-22/h8-10,13,15-17,22,26-27H,4-7,11-12,14,18-20,34H2,1-3H3/b21-15+. The summed E-state index contributed by atoms with van der Waals surface area (Å²) in [5.74, 6) is 0.317. The zero-order chi connectivity index (χ0) is 27.9. The fourth-order valence-electron chi connectivity index (χ4n) is 5.90. The van der Waals surface area contributed by atoms with E-state index in [1.165, 1.54) is 12.1 Å². The van der Waals surface area contributed by atoms with Crippen LogP contribution in [0.25, 0.3) is 6.08 Å². The van der Waals surface area contributed by atoms with Crippen molar-refractivity contribution in [3.8, 4) is 11.5 Å². The summed E-state index contributed by atoms with van der Waals surface area (Å²) in [5.41, 5.74) is 7.72. The van der Waals surface area contributed by atoms with Gasteiger partial charge in [-0.2, -0.15) is 0 Å². The molecule has 2 aliphatic rings. The van der Waals surface area contributed by atoms with Gasteiger partial charge in [-0.25, -0.2) is 8.78 Å². The molecule has 4 rings (SSSR count). The third kappa shape index (κ3) is 7.57. The lowest BCUT2D eigenvalue weighted by atomic mass is 9.86. The number of nitrogens with two attached hydrogens (primary N) is 1. The molecular weight excluding hydrogens is 500 g/mol. The van der Waals surface area contributed by atoms with Crippen LogP contribution in [-0.4, -0.2) is 68.2 Å². The van der Waals surface area contributed by atoms with Gasteiger partial charge < -0.3 is 20.1 Å². The molecule has 0 bridgehead atoms. The first kappa shape index (κ1) is 29.0. The Morgan fingerprint density at radius 2 is 1.79 bits per heavy atom. The molecule has 2 fully saturated rings. The predicted octanol–water partition coefficient (Wildman–Crippen LogP) is 5.51. The molecule has 1 aliphatic carbocycles. The van der Waals surface area contributed by atoms with Gasteiger partial charge in [0.15, 0.2) is 11.5 Å². The Kier molecular flexibility index (Phi) is 9.97. The predicted molar refractivity (Wildman–Crippen MR) is 150 cm³/mol. The van der Waals surface area contributed by atoms with Crippen molar-refractivity contribution >= 4 is 12.0 Å². The van der Waals surface area contributed by atoms with E-state index in [0.717, 1.165) is 63.3 Å². The number of carbonyl (C=O) groups excluding carboxylic acids is 1. The minimum Gasteiger partial charge on any atom is -0.493 e. The van der Waals surface area contributed by atoms with E-state index < -0.39 is 11.6 Å². The largest absolute Gasteiger partial charge is 0.493 e. The van der Waals surface area contributed by atoms with Gasteiger partial charge in [-0.05, 0) is 88.2 Å². The average molecular weight is 542 g/mol. The third-order valence-electron chi connectivity index (χ3n) is 8.04. The van der Waals surface area contributed by atoms with Gasteiger partial charge in [0.05, 0.1) is 14.2 Å². The van der Waals surface area contributed by atoms with Crippen molar-refractivity contribution < 1.29 is 23.0 Å². The van der Waals surface area contributed by atoms with Gasteiger partial charge in [0, 0.05) is 48.9 Å². The van der Waals surface area contributed by atoms with Crippen molar-refractivity contribution in [2.45, 2.75) is 57.5 Å². The Morgan fingerprint density at radius 3 is 2.49 bits per heavy atom. The summed E-state index contributed by atoms with van der Waals surface area (Å²) in [4.78, 5) is 18.3. The first-order chi connectivity index (χ1) is 18.8. The van der Waals surface area contributed by atoms with Crippen LogP contribution in [0.2, 0.25) is 0 Å². The molecule has 1 amide bonds. The maximum atomic E-state index is 14.3. The molecule has 8 heteroatoms. The normalized spacial score (nSPS) is 22.1. The lowest BCUT2D eigenvalue weighted by Crippen LogP contribution is -2.45. The molecule has 1 saturated heterocycles. The Balaban J connectivity index is 1.55. The van der Waals surface area contributed by atoms with Gasteiger partial charge in [0.2, 0.25) is 0 Å². The smallest absolute Gasteiger partial charge is 0.254 e. The Hall–Kier alpha value is -2.97. The molecule has 0 spiro atoms. The van der Waals surface area contributed by atoms with Crippen LogP contribution in [0.1, 0.15) is 61.4 Å². The molecule has 2 N–H and O–H groups in total. The zero-order valence-corrected chi connectivity index (χ0v) is 23.3. The Labute approximate surface area is 230 Å². The van der Waals surface area contributed by atoms with Crippen molar-refractivity contribution in [1.29, 1.82) is 0 Å². The Bertz CT molecular complexity index is 1160. The van der Waals surface area contributed by atoms with E-state index in [1.807, 2.05) is 11.8 Å². The van der Waals surface area contributed by atoms with Gasteiger partial charge in [0.1, 0.15) is 11.6 Å². The van der Waals surface area contributed by atoms with Crippen molar-refractivity contribution in [1.82, 2.24) is 9.80 Å². The number of methoxy groups -OCH3 is 2. The molecule has 1 saturated carbocycles. The van der Waals surface area contributed by atoms with Crippen molar-refractivity contribution in [2.24, 2.45) is 11.7 Å². The van der Waals surface area contributed by atoms with Crippen LogP contribution in [0, 0.1) is 17.6 Å². The first-order valence-electron chi connectivity index (χ1n) is 13.9. The summed E-state index contributed by atoms with van der Waals surface area (Å²) < 4.78 is 38.5. The number of ether oxygens (including phenoxy) is 2. The minimum absolute atomic E-state index is 0.126. The monoisotopic (exact) mass is 541 g/mol. The molecule has 6 nitrogen and oxygen atoms in total. The van der Waals surface area contributed by atoms with Gasteiger partial charge in [0.25, 0.3) is 5.91 Å². The van der Waals surface area contributed by atoms with Crippen LogP contribution in [0.15, 0.2) is 42.0 Å². The summed E-state index contributed by atoms with van der Waals surface area (Å²) in [5, 5.41) is 0. The van der Waals surface area contributed by atoms with Gasteiger partial charge in [-0.3, -0.25) is 9.69 Å². The molecule has 0 radical (unpaired) electrons. The van der Waals surface area contributed by atoms with Crippen molar-refractivity contribution in [3.05, 3.63) is 64.7 Å². The second-order valence-corrected chi connectivity index (χ2v) is 11.0. The van der Waals surface area contributed by atoms with E-state index in [0.29, 0.717) is 47.7 Å². The lowest BCUT2D eigenvalue weighted by molar-refractivity contribution is 0.0708. The third-order valence-corrected chi connectivity index (χ3v) is 8.04. The van der Waals surface area contributed by atoms with Crippen LogP contribution in [-0.2, 0) is 0 Å². The maximum Gasteiger partial charge on any atom is 0.254 e. The molecule has 2 aromatic rings. The van der Waals surface area contributed by atoms with E-state index in [-0.39, 0.29) is 11.9 Å². The number of rotatable bonds is 10. The van der Waals surface area contributed by atoms with Gasteiger partial charge >= 0.3 is 0 Å². The summed E-state index contributed by atoms with van der Waals surface area (Å²) in [6.45, 7) is 4.82. The molecule has 1 atom stereocenters. The van der Waals surface area contributed by atoms with E-state index in [1.54, 1.807) is 38.5 Å². The molecule has 212 valence electrons. The van der Waals surface area contributed by atoms with Gasteiger partial charge in [-0.1, -0.05) is 11.6 Å². The Morgan fingerprint density at radius 1 is 1.05 bits per heavy atom. The highest BCUT2D eigenvalue weighted by molar-refractivity contribution is 5.95. The number of hydrogen-bond acceptors (Lipinski definition) is 5. The molecule has 1 aliphatic heterocycles. The number of hydrogen-bond donors (Lipinski definition) is 1. The average Bonchev–Trinajstić information content (AvgIpc) is 3.36. The number of carbonyl (C=O) groups is 1. The number of benzene rings is 2. The summed E-state index contributed by atoms with van der Waals surface area (Å²) >= 11 is 0. The molecular formula is C31H41F2N3O3. The fourth-order valence-corrected chi connectivity index (χ4v) is 5.90. The minimum atomic E-state index is -0.624. The topological polar surface area (TPSA) is 68.0 Å². The zero-order valence-electron chi connectivity index (χ0n) is 23.3. The number of nitrogens with zero attached hydrogens (tertiary/aromatic N) is 2. The second-order valence-electron chi connectivity index (χ2n) is 11.0. The highest BCUT2D eigenvalue weighted by Gasteiger charge is 2.31. The van der Waals surface area contributed by atoms with E-state index in [9.17, 15) is 13.6 Å². The first-order valence-corrected chi connectivity index (χ1v) is 13.9. The number of amides is 1. The maximum absolute atomic E-state index is 14.3. The summed E-state index contributed by atoms with van der Waals surface area (Å²) in [6.07, 6.45) is 8.28. The molecule has 0 aromatic heterocycles. The molecule has 39 heavy (non-hydrogen) atoms. The van der Waals surface area contributed by atoms with Crippen molar-refractivity contribution in [2.75, 3.05) is 40.4 Å². The molecule has 2 aromatic carbocycles. The highest BCUT2D eigenvalue weighted by Crippen LogP contribution is 2.30. The summed E-state index contributed by atoms with van der Waals surface area (Å²) in [7, 11) is 3.10. The highest BCUT2D eigenvalue weighted by atomic mass is 19.1. The number of halogens is 2. The lowest BCUT2D eigenvalue weighted by Gasteiger charge is -2.35. The quantitative estimate of drug-likeness (QED) is 0.430. The SMILES string of the molecule is COc1ccc(C(=O)N(C/C(C)=C/c2ccc(F)cc2F)CC2CCCN2CC2CCC(N)CC2)cc1OC. The van der Waals surface area contributed by atoms with E-state index in [2.05, 4.69) is 4.90 Å². The van der Waals surface area contributed by atoms with Crippen LogP contribution in [0.3, 0.4) is 0 Å². The van der Waals surface area contributed by atoms with Gasteiger partial charge in [-0.15, -0.1) is 0 Å². The van der Waals surface area contributed by atoms with Crippen molar-refractivity contribution in [3.63, 3.8) is 0 Å². The van der Waals surface area contributed by atoms with Crippen LogP contribution in [0.4, 0.5) is 8.78 Å². The molecule has 1 unspecified atom stereocenters. The number of likely N-dealkylation sites (tertiary alicyclic amines) is 1. The van der Waals surface area contributed by atoms with Crippen LogP contribution < -0.4 is 15.2 Å². The molecule has 1 heterocycles.